The molecule has 0 radical (unpaired) electrons. The number of aromatic amines is 1. The number of carbonyl (C=O) groups is 9. The molecule has 4 aromatic carbocycles. The normalized spacial score (nSPS) is 21.9. The zero-order valence-corrected chi connectivity index (χ0v) is 65.0. The first-order chi connectivity index (χ1) is 52.5. The lowest BCUT2D eigenvalue weighted by Gasteiger charge is -2.29. The molecule has 0 saturated carbocycles. The number of carbonyl (C=O) groups excluding carboxylic acids is 9. The first-order valence-electron chi connectivity index (χ1n) is 35.3. The van der Waals surface area contributed by atoms with Gasteiger partial charge in [0.1, 0.15) is 72.5 Å². The van der Waals surface area contributed by atoms with Gasteiger partial charge in [0.25, 0.3) is 5.69 Å². The predicted octanol–water partition coefficient (Wildman–Crippen LogP) is -0.567. The molecule has 4 unspecified atom stereocenters. The molecule has 9 amide bonds. The molecule has 0 aliphatic carbocycles. The number of amides is 9. The van der Waals surface area contributed by atoms with E-state index in [9.17, 15) is 88.0 Å². The lowest BCUT2D eigenvalue weighted by atomic mass is 10.0. The zero-order valence-electron chi connectivity index (χ0n) is 60.7. The number of phenolic OH excluding ortho intramolecular Hbond substituents is 2. The minimum Gasteiger partial charge on any atom is -0.508 e. The van der Waals surface area contributed by atoms with E-state index in [1.54, 1.807) is 30.5 Å². The van der Waals surface area contributed by atoms with Crippen molar-refractivity contribution < 1.29 is 102 Å². The quantitative estimate of drug-likeness (QED) is 0.00869. The number of rotatable bonds is 31. The number of hydrogen-bond acceptors (Lipinski definition) is 25. The predicted molar refractivity (Wildman–Crippen MR) is 413 cm³/mol. The van der Waals surface area contributed by atoms with Crippen LogP contribution in [0.5, 0.6) is 11.5 Å². The number of aromatic nitrogens is 1. The number of nitro benzene ring substituents is 1. The van der Waals surface area contributed by atoms with Crippen molar-refractivity contribution in [3.63, 3.8) is 0 Å². The first kappa shape index (κ1) is 89.6. The van der Waals surface area contributed by atoms with E-state index in [2.05, 4.69) is 54.1 Å². The average Bonchev–Trinajstić information content (AvgIpc) is 1.75. The van der Waals surface area contributed by atoms with Crippen molar-refractivity contribution in [1.29, 1.82) is 0 Å². The van der Waals surface area contributed by atoms with E-state index in [1.165, 1.54) is 75.4 Å². The SMILES string of the molecule is C=C1SSC[C@H](NC(=O)[C@@H](Cc2ccc([N+](=O)[O-])cc2)NC(=O)CCP(=O)(O)CN2CCN(CP(=O)(O)CO)CCN(CP(=O)(O)CO)CC2)C(=O)N[C@@H](Cc2ccc(O)cc2)C(=O)N[C@H](Cc2c[nH]c3ccccc23)C(=O)N[C@@H](CCCCN)C(=O)N[C@@H](C(C)O)C(=O)N[C@@H]1C(=O)N[C@@H](Cc1ccc(O)cc1)C(N)=O. The van der Waals surface area contributed by atoms with Crippen LogP contribution in [0.15, 0.2) is 115 Å². The largest absolute Gasteiger partial charge is 0.508 e. The van der Waals surface area contributed by atoms with Crippen LogP contribution in [0, 0.1) is 10.1 Å². The number of aromatic hydroxyl groups is 2. The second kappa shape index (κ2) is 42.3. The van der Waals surface area contributed by atoms with Crippen molar-refractivity contribution in [3.8, 4) is 11.5 Å². The summed E-state index contributed by atoms with van der Waals surface area (Å²) in [6.07, 6.45) is -6.28. The van der Waals surface area contributed by atoms with Crippen molar-refractivity contribution in [2.75, 3.05) is 89.3 Å². The zero-order chi connectivity index (χ0) is 81.3. The van der Waals surface area contributed by atoms with Gasteiger partial charge in [0.05, 0.1) is 29.9 Å². The third-order valence-corrected chi connectivity index (χ3v) is 24.9. The average molecular weight is 1640 g/mol. The number of fused-ring (bicyclic) bond motifs is 1. The molecule has 1 aromatic heterocycles. The van der Waals surface area contributed by atoms with Gasteiger partial charge in [-0.1, -0.05) is 82.8 Å². The smallest absolute Gasteiger partial charge is 0.269 e. The van der Waals surface area contributed by atoms with Crippen LogP contribution in [0.4, 0.5) is 5.69 Å². The van der Waals surface area contributed by atoms with Gasteiger partial charge < -0.3 is 99.2 Å². The van der Waals surface area contributed by atoms with E-state index in [4.69, 9.17) is 11.5 Å². The highest BCUT2D eigenvalue weighted by molar-refractivity contribution is 8.78. The fourth-order valence-corrected chi connectivity index (χ4v) is 17.8. The van der Waals surface area contributed by atoms with Gasteiger partial charge in [0, 0.05) is 117 Å². The van der Waals surface area contributed by atoms with E-state index < -0.39 is 191 Å². The summed E-state index contributed by atoms with van der Waals surface area (Å²) in [5.74, 6) is -10.5. The minimum absolute atomic E-state index is 0.00948. The fourth-order valence-electron chi connectivity index (χ4n) is 12.0. The van der Waals surface area contributed by atoms with Crippen molar-refractivity contribution in [1.82, 2.24) is 62.2 Å². The van der Waals surface area contributed by atoms with E-state index in [0.717, 1.165) is 19.1 Å². The molecule has 606 valence electrons. The van der Waals surface area contributed by atoms with Crippen LogP contribution in [-0.4, -0.2) is 262 Å². The third kappa shape index (κ3) is 28.8. The molecule has 111 heavy (non-hydrogen) atoms. The molecule has 2 saturated heterocycles. The molecular weight excluding hydrogens is 1550 g/mol. The topological polar surface area (TPSA) is 584 Å². The number of nitro groups is 1. The van der Waals surface area contributed by atoms with Crippen molar-refractivity contribution in [2.24, 2.45) is 11.5 Å². The highest BCUT2D eigenvalue weighted by atomic mass is 33.1. The number of para-hydroxylation sites is 1. The number of non-ortho nitro benzene ring substituents is 1. The number of nitrogens with one attached hydrogen (secondary N) is 9. The van der Waals surface area contributed by atoms with Crippen LogP contribution in [0.25, 0.3) is 10.9 Å². The third-order valence-electron chi connectivity index (χ3n) is 18.2. The second-order valence-electron chi connectivity index (χ2n) is 27.1. The highest BCUT2D eigenvalue weighted by Crippen LogP contribution is 2.44. The number of aliphatic hydroxyl groups excluding tert-OH is 3. The van der Waals surface area contributed by atoms with Gasteiger partial charge in [-0.15, -0.1) is 0 Å². The van der Waals surface area contributed by atoms with Gasteiger partial charge in [-0.2, -0.15) is 0 Å². The molecule has 42 heteroatoms. The first-order valence-corrected chi connectivity index (χ1v) is 43.7. The van der Waals surface area contributed by atoms with Crippen LogP contribution in [0.3, 0.4) is 0 Å². The number of nitrogens with zero attached hydrogens (tertiary/aromatic N) is 4. The van der Waals surface area contributed by atoms with Crippen LogP contribution in [-0.2, 0) is 82.5 Å². The van der Waals surface area contributed by atoms with E-state index in [1.807, 2.05) is 0 Å². The molecule has 2 aliphatic rings. The molecule has 12 atom stereocenters. The number of aliphatic hydroxyl groups is 3. The van der Waals surface area contributed by atoms with Crippen LogP contribution in [0.1, 0.15) is 54.9 Å². The Labute approximate surface area is 646 Å². The summed E-state index contributed by atoms with van der Waals surface area (Å²) >= 11 is 0. The van der Waals surface area contributed by atoms with Gasteiger partial charge in [0.2, 0.25) is 75.3 Å². The van der Waals surface area contributed by atoms with Gasteiger partial charge in [-0.25, -0.2) is 0 Å². The minimum atomic E-state index is -4.43. The number of hydrogen-bond donors (Lipinski definition) is 19. The summed E-state index contributed by atoms with van der Waals surface area (Å²) in [7, 11) is -11.3. The Morgan fingerprint density at radius 3 is 1.70 bits per heavy atom. The van der Waals surface area contributed by atoms with Gasteiger partial charge >= 0.3 is 0 Å². The van der Waals surface area contributed by atoms with Crippen molar-refractivity contribution in [3.05, 3.63) is 147 Å². The van der Waals surface area contributed by atoms with Crippen LogP contribution < -0.4 is 54.0 Å². The molecule has 0 bridgehead atoms. The lowest BCUT2D eigenvalue weighted by molar-refractivity contribution is -0.384. The van der Waals surface area contributed by atoms with E-state index >= 15 is 19.2 Å². The summed E-state index contributed by atoms with van der Waals surface area (Å²) in [5.41, 5.74) is 13.4. The van der Waals surface area contributed by atoms with Gasteiger partial charge in [0.15, 0.2) is 0 Å². The summed E-state index contributed by atoms with van der Waals surface area (Å²) in [5, 5.41) is 83.9. The highest BCUT2D eigenvalue weighted by Gasteiger charge is 2.39. The maximum Gasteiger partial charge on any atom is 0.269 e. The molecule has 2 fully saturated rings. The number of H-pyrrole nitrogens is 1. The Bertz CT molecular complexity index is 4210. The summed E-state index contributed by atoms with van der Waals surface area (Å²) in [4.78, 5) is 183. The summed E-state index contributed by atoms with van der Waals surface area (Å²) in [6, 6.07) is 9.04. The second-order valence-corrected chi connectivity index (χ2v) is 36.5. The molecular formula is C69H96N15O22P3S2. The summed E-state index contributed by atoms with van der Waals surface area (Å²) < 4.78 is 39.5. The standard InChI is InChI=1S/C69H96N15O22P3S2/c1-42(87)60-68(97)80-61(69(98)75-54(62(71)91)31-45-12-18-49(88)19-13-45)43(2)111-110-36-58(67(96)76-56(33-46-14-20-50(89)21-15-46)65(94)77-57(34-47-35-72-52-8-4-3-7-51(47)52)66(95)74-53(63(92)79-60)9-5-6-23-70)78-64(93)55(32-44-10-16-48(17-11-44)84(99)100)73-59(90)22-30-107(101,102)37-81-24-26-82(38-108(103,104)40-85)28-29-83(27-25-81)39-109(105,106)41-86/h3-4,7-8,10-21,35,42,53-58,60-61,72,85-89H,2,5-6,9,22-34,36-41,70H2,1H3,(H2,71,91)(H,73,90)(H,74,95)(H,75,98)(H,76,96)(H,77,94)(H,78,93)(H,79,92)(H,80,97)(H,101,102)(H,103,104)(H,105,106)/t42?,53-,54-,55+,56-,57+,58-,60-,61-/m0/s1. The number of unbranched alkanes of at least 4 members (excludes halogenated alkanes) is 1. The molecule has 3 heterocycles. The van der Waals surface area contributed by atoms with Crippen LogP contribution in [0.2, 0.25) is 0 Å². The van der Waals surface area contributed by atoms with E-state index in [0.29, 0.717) is 55.6 Å². The molecule has 37 nitrogen and oxygen atoms in total. The Kier molecular flexibility index (Phi) is 34.1. The van der Waals surface area contributed by atoms with Crippen LogP contribution >= 0.6 is 43.7 Å². The number of primary amides is 1. The van der Waals surface area contributed by atoms with Crippen molar-refractivity contribution >= 4 is 113 Å². The number of nitrogens with two attached hydrogens (primary N) is 2. The Morgan fingerprint density at radius 2 is 1.16 bits per heavy atom. The molecule has 7 rings (SSSR count). The van der Waals surface area contributed by atoms with Gasteiger partial charge in [-0.05, 0) is 85.3 Å². The number of phenols is 2. The number of benzene rings is 4. The molecule has 2 aliphatic heterocycles. The summed E-state index contributed by atoms with van der Waals surface area (Å²) in [6.45, 7) is 5.46. The lowest BCUT2D eigenvalue weighted by Crippen LogP contribution is -2.62. The Hall–Kier alpha value is -8.62. The van der Waals surface area contributed by atoms with E-state index in [-0.39, 0.29) is 106 Å². The van der Waals surface area contributed by atoms with Crippen molar-refractivity contribution in [2.45, 2.75) is 113 Å². The maximum atomic E-state index is 15.4. The molecule has 21 N–H and O–H groups in total. The Balaban J connectivity index is 1.27. The fraction of sp³-hybridized carbons (Fsp3) is 0.464. The maximum absolute atomic E-state index is 15.4. The monoisotopic (exact) mass is 1640 g/mol. The van der Waals surface area contributed by atoms with Gasteiger partial charge in [-0.3, -0.25) is 81.7 Å². The Morgan fingerprint density at radius 1 is 0.658 bits per heavy atom. The molecule has 5 aromatic rings. The molecule has 0 spiro atoms.